The summed E-state index contributed by atoms with van der Waals surface area (Å²) >= 11 is 0. The lowest BCUT2D eigenvalue weighted by atomic mass is 10.0. The van der Waals surface area contributed by atoms with E-state index in [0.29, 0.717) is 17.0 Å². The van der Waals surface area contributed by atoms with Crippen molar-refractivity contribution in [1.29, 1.82) is 0 Å². The Morgan fingerprint density at radius 3 is 2.67 bits per heavy atom. The number of primary amides is 1. The molecule has 3 rings (SSSR count). The Kier molecular flexibility index (Phi) is 5.48. The molecule has 2 aliphatic rings. The van der Waals surface area contributed by atoms with Crippen molar-refractivity contribution >= 4 is 11.8 Å². The zero-order valence-corrected chi connectivity index (χ0v) is 13.9. The number of nitrogens with zero attached hydrogens (tertiary/aromatic N) is 2. The zero-order chi connectivity index (χ0) is 16.9. The average Bonchev–Trinajstić information content (AvgIpc) is 3.05. The summed E-state index contributed by atoms with van der Waals surface area (Å²) in [4.78, 5) is 28.4. The van der Waals surface area contributed by atoms with Gasteiger partial charge in [0.2, 0.25) is 11.8 Å². The second kappa shape index (κ2) is 7.77. The monoisotopic (exact) mass is 331 g/mol. The molecule has 1 aromatic carbocycles. The van der Waals surface area contributed by atoms with Crippen molar-refractivity contribution in [2.24, 2.45) is 11.7 Å². The van der Waals surface area contributed by atoms with Gasteiger partial charge in [0.05, 0.1) is 19.6 Å². The van der Waals surface area contributed by atoms with Gasteiger partial charge in [-0.25, -0.2) is 0 Å². The van der Waals surface area contributed by atoms with Gasteiger partial charge in [-0.3, -0.25) is 14.5 Å². The van der Waals surface area contributed by atoms with Crippen LogP contribution in [0.25, 0.3) is 0 Å². The Labute approximate surface area is 142 Å². The van der Waals surface area contributed by atoms with E-state index in [1.807, 2.05) is 11.0 Å². The predicted molar refractivity (Wildman–Crippen MR) is 90.6 cm³/mol. The summed E-state index contributed by atoms with van der Waals surface area (Å²) in [6, 6.07) is 7.08. The van der Waals surface area contributed by atoms with Crippen LogP contribution in [-0.4, -0.2) is 67.6 Å². The lowest BCUT2D eigenvalue weighted by Gasteiger charge is -2.29. The quantitative estimate of drug-likeness (QED) is 0.853. The van der Waals surface area contributed by atoms with Crippen LogP contribution in [0.2, 0.25) is 0 Å². The third-order valence-electron chi connectivity index (χ3n) is 4.88. The highest BCUT2D eigenvalue weighted by Crippen LogP contribution is 2.20. The molecule has 1 atom stereocenters. The highest BCUT2D eigenvalue weighted by Gasteiger charge is 2.28. The van der Waals surface area contributed by atoms with Gasteiger partial charge in [-0.2, -0.15) is 0 Å². The Balaban J connectivity index is 1.54. The molecule has 2 saturated heterocycles. The molecule has 2 heterocycles. The molecule has 6 heteroatoms. The molecule has 0 aliphatic carbocycles. The minimum absolute atomic E-state index is 0.0770. The fraction of sp³-hybridized carbons (Fsp3) is 0.556. The van der Waals surface area contributed by atoms with Gasteiger partial charge in [-0.05, 0) is 24.0 Å². The van der Waals surface area contributed by atoms with Crippen molar-refractivity contribution in [2.75, 3.05) is 45.9 Å². The minimum atomic E-state index is -0.481. The SMILES string of the molecule is NC(=O)c1ccccc1CC(=O)N1CCC(CN2CCOCC2)C1. The van der Waals surface area contributed by atoms with Crippen LogP contribution in [0, 0.1) is 5.92 Å². The summed E-state index contributed by atoms with van der Waals surface area (Å²) in [6.07, 6.45) is 1.28. The van der Waals surface area contributed by atoms with E-state index in [9.17, 15) is 9.59 Å². The first kappa shape index (κ1) is 16.9. The Morgan fingerprint density at radius 2 is 1.92 bits per heavy atom. The minimum Gasteiger partial charge on any atom is -0.379 e. The van der Waals surface area contributed by atoms with E-state index >= 15 is 0 Å². The first-order chi connectivity index (χ1) is 11.6. The number of carbonyl (C=O) groups is 2. The summed E-state index contributed by atoms with van der Waals surface area (Å²) in [6.45, 7) is 6.21. The maximum absolute atomic E-state index is 12.6. The van der Waals surface area contributed by atoms with Crippen LogP contribution in [0.15, 0.2) is 24.3 Å². The normalized spacial score (nSPS) is 21.8. The van der Waals surface area contributed by atoms with Gasteiger partial charge in [-0.15, -0.1) is 0 Å². The number of morpholine rings is 1. The largest absolute Gasteiger partial charge is 0.379 e. The molecule has 0 radical (unpaired) electrons. The summed E-state index contributed by atoms with van der Waals surface area (Å²) in [5, 5.41) is 0. The summed E-state index contributed by atoms with van der Waals surface area (Å²) in [7, 11) is 0. The smallest absolute Gasteiger partial charge is 0.248 e. The fourth-order valence-corrected chi connectivity index (χ4v) is 3.55. The number of rotatable bonds is 5. The first-order valence-electron chi connectivity index (χ1n) is 8.59. The van der Waals surface area contributed by atoms with E-state index < -0.39 is 5.91 Å². The molecular weight excluding hydrogens is 306 g/mol. The number of likely N-dealkylation sites (tertiary alicyclic amines) is 1. The number of hydrogen-bond donors (Lipinski definition) is 1. The molecule has 2 aliphatic heterocycles. The number of carbonyl (C=O) groups excluding carboxylic acids is 2. The van der Waals surface area contributed by atoms with Crippen LogP contribution in [0.5, 0.6) is 0 Å². The lowest BCUT2D eigenvalue weighted by Crippen LogP contribution is -2.40. The molecule has 2 N–H and O–H groups in total. The van der Waals surface area contributed by atoms with Crippen molar-refractivity contribution in [3.8, 4) is 0 Å². The second-order valence-electron chi connectivity index (χ2n) is 6.61. The summed E-state index contributed by atoms with van der Waals surface area (Å²) in [5.41, 5.74) is 6.54. The highest BCUT2D eigenvalue weighted by atomic mass is 16.5. The van der Waals surface area contributed by atoms with Crippen molar-refractivity contribution in [1.82, 2.24) is 9.80 Å². The van der Waals surface area contributed by atoms with Crippen molar-refractivity contribution < 1.29 is 14.3 Å². The predicted octanol–water partition coefficient (Wildman–Crippen LogP) is 0.509. The van der Waals surface area contributed by atoms with Crippen molar-refractivity contribution in [3.05, 3.63) is 35.4 Å². The van der Waals surface area contributed by atoms with Crippen LogP contribution in [0.1, 0.15) is 22.3 Å². The molecular formula is C18H25N3O3. The standard InChI is InChI=1S/C18H25N3O3/c19-18(23)16-4-2-1-3-15(16)11-17(22)21-6-5-14(13-21)12-20-7-9-24-10-8-20/h1-4,14H,5-13H2,(H2,19,23). The van der Waals surface area contributed by atoms with E-state index in [0.717, 1.165) is 52.4 Å². The van der Waals surface area contributed by atoms with Crippen LogP contribution in [-0.2, 0) is 16.0 Å². The summed E-state index contributed by atoms with van der Waals surface area (Å²) < 4.78 is 5.38. The molecule has 1 aromatic rings. The molecule has 0 saturated carbocycles. The maximum Gasteiger partial charge on any atom is 0.248 e. The molecule has 1 unspecified atom stereocenters. The van der Waals surface area contributed by atoms with Gasteiger partial charge in [0.15, 0.2) is 0 Å². The molecule has 2 fully saturated rings. The van der Waals surface area contributed by atoms with E-state index in [4.69, 9.17) is 10.5 Å². The number of amides is 2. The number of ether oxygens (including phenoxy) is 1. The van der Waals surface area contributed by atoms with Gasteiger partial charge < -0.3 is 15.4 Å². The van der Waals surface area contributed by atoms with Gasteiger partial charge in [-0.1, -0.05) is 18.2 Å². The van der Waals surface area contributed by atoms with Crippen molar-refractivity contribution in [2.45, 2.75) is 12.8 Å². The van der Waals surface area contributed by atoms with Gasteiger partial charge in [0.25, 0.3) is 0 Å². The number of hydrogen-bond acceptors (Lipinski definition) is 4. The van der Waals surface area contributed by atoms with Crippen LogP contribution >= 0.6 is 0 Å². The molecule has 0 spiro atoms. The summed E-state index contributed by atoms with van der Waals surface area (Å²) in [5.74, 6) is 0.122. The fourth-order valence-electron chi connectivity index (χ4n) is 3.55. The Hall–Kier alpha value is -1.92. The first-order valence-corrected chi connectivity index (χ1v) is 8.59. The van der Waals surface area contributed by atoms with Gasteiger partial charge >= 0.3 is 0 Å². The van der Waals surface area contributed by atoms with Crippen LogP contribution in [0.3, 0.4) is 0 Å². The van der Waals surface area contributed by atoms with Crippen molar-refractivity contribution in [3.63, 3.8) is 0 Å². The second-order valence-corrected chi connectivity index (χ2v) is 6.61. The molecule has 130 valence electrons. The van der Waals surface area contributed by atoms with E-state index in [-0.39, 0.29) is 12.3 Å². The molecule has 6 nitrogen and oxygen atoms in total. The third kappa shape index (κ3) is 4.13. The van der Waals surface area contributed by atoms with Gasteiger partial charge in [0, 0.05) is 38.3 Å². The van der Waals surface area contributed by atoms with E-state index in [1.165, 1.54) is 0 Å². The lowest BCUT2D eigenvalue weighted by molar-refractivity contribution is -0.129. The van der Waals surface area contributed by atoms with Gasteiger partial charge in [0.1, 0.15) is 0 Å². The third-order valence-corrected chi connectivity index (χ3v) is 4.88. The van der Waals surface area contributed by atoms with E-state index in [2.05, 4.69) is 4.90 Å². The zero-order valence-electron chi connectivity index (χ0n) is 13.9. The van der Waals surface area contributed by atoms with Crippen LogP contribution < -0.4 is 5.73 Å². The Bertz CT molecular complexity index is 599. The number of benzene rings is 1. The average molecular weight is 331 g/mol. The molecule has 0 aromatic heterocycles. The topological polar surface area (TPSA) is 75.9 Å². The molecule has 24 heavy (non-hydrogen) atoms. The van der Waals surface area contributed by atoms with E-state index in [1.54, 1.807) is 18.2 Å². The highest BCUT2D eigenvalue weighted by molar-refractivity contribution is 5.95. The number of nitrogens with two attached hydrogens (primary N) is 1. The van der Waals surface area contributed by atoms with Crippen LogP contribution in [0.4, 0.5) is 0 Å². The molecule has 2 amide bonds. The Morgan fingerprint density at radius 1 is 1.17 bits per heavy atom. The maximum atomic E-state index is 12.6. The molecule has 0 bridgehead atoms.